The molecule has 4 nitrogen and oxygen atoms in total. The van der Waals surface area contributed by atoms with Gasteiger partial charge in [0.25, 0.3) is 5.89 Å². The number of rotatable bonds is 2. The number of aryl methyl sites for hydroxylation is 1. The van der Waals surface area contributed by atoms with E-state index in [1.165, 1.54) is 6.39 Å². The van der Waals surface area contributed by atoms with E-state index in [0.29, 0.717) is 5.89 Å². The smallest absolute Gasteiger partial charge is 0.259 e. The summed E-state index contributed by atoms with van der Waals surface area (Å²) in [5, 5.41) is 8.56. The molecule has 17 heavy (non-hydrogen) atoms. The minimum absolute atomic E-state index is 0.530. The Kier molecular flexibility index (Phi) is 2.45. The molecule has 0 N–H and O–H groups in total. The summed E-state index contributed by atoms with van der Waals surface area (Å²) in [6.07, 6.45) is 1.33. The Morgan fingerprint density at radius 2 is 2.00 bits per heavy atom. The van der Waals surface area contributed by atoms with Crippen LogP contribution in [0.1, 0.15) is 5.69 Å². The van der Waals surface area contributed by atoms with Crippen LogP contribution in [0.25, 0.3) is 21.3 Å². The van der Waals surface area contributed by atoms with Crippen LogP contribution < -0.4 is 0 Å². The fourth-order valence-electron chi connectivity index (χ4n) is 1.57. The number of thiazole rings is 1. The maximum atomic E-state index is 5.20. The molecule has 0 fully saturated rings. The summed E-state index contributed by atoms with van der Waals surface area (Å²) in [7, 11) is 0. The van der Waals surface area contributed by atoms with Gasteiger partial charge in [-0.25, -0.2) is 4.98 Å². The highest BCUT2D eigenvalue weighted by Gasteiger charge is 2.14. The van der Waals surface area contributed by atoms with Gasteiger partial charge in [0.1, 0.15) is 9.88 Å². The Bertz CT molecular complexity index is 617. The lowest BCUT2D eigenvalue weighted by Gasteiger charge is -1.92. The average Bonchev–Trinajstić information content (AvgIpc) is 2.99. The van der Waals surface area contributed by atoms with E-state index in [9.17, 15) is 0 Å². The Morgan fingerprint density at radius 1 is 1.18 bits per heavy atom. The molecular weight excluding hydrogens is 234 g/mol. The van der Waals surface area contributed by atoms with Gasteiger partial charge in [0.05, 0.1) is 5.69 Å². The lowest BCUT2D eigenvalue weighted by Crippen LogP contribution is -1.78. The summed E-state index contributed by atoms with van der Waals surface area (Å²) in [4.78, 5) is 5.46. The van der Waals surface area contributed by atoms with Crippen molar-refractivity contribution in [2.75, 3.05) is 0 Å². The van der Waals surface area contributed by atoms with Gasteiger partial charge in [-0.1, -0.05) is 30.3 Å². The third kappa shape index (κ3) is 1.85. The van der Waals surface area contributed by atoms with Gasteiger partial charge in [0, 0.05) is 5.56 Å². The van der Waals surface area contributed by atoms with E-state index in [1.54, 1.807) is 11.3 Å². The van der Waals surface area contributed by atoms with Gasteiger partial charge in [-0.2, -0.15) is 0 Å². The van der Waals surface area contributed by atoms with E-state index in [2.05, 4.69) is 15.2 Å². The molecule has 5 heteroatoms. The largest absolute Gasteiger partial charge is 0.423 e. The van der Waals surface area contributed by atoms with Gasteiger partial charge < -0.3 is 4.42 Å². The van der Waals surface area contributed by atoms with Crippen LogP contribution in [-0.4, -0.2) is 15.2 Å². The summed E-state index contributed by atoms with van der Waals surface area (Å²) >= 11 is 1.56. The van der Waals surface area contributed by atoms with Gasteiger partial charge in [-0.3, -0.25) is 0 Å². The fourth-order valence-corrected chi connectivity index (χ4v) is 2.57. The predicted octanol–water partition coefficient (Wildman–Crippen LogP) is 3.17. The molecular formula is C12H9N3OS. The van der Waals surface area contributed by atoms with Gasteiger partial charge in [-0.05, 0) is 6.92 Å². The maximum absolute atomic E-state index is 5.20. The number of nitrogens with zero attached hydrogens (tertiary/aromatic N) is 3. The van der Waals surface area contributed by atoms with Crippen LogP contribution in [0, 0.1) is 6.92 Å². The van der Waals surface area contributed by atoms with Gasteiger partial charge in [0.15, 0.2) is 0 Å². The first-order chi connectivity index (χ1) is 8.34. The van der Waals surface area contributed by atoms with Crippen LogP contribution in [0.3, 0.4) is 0 Å². The van der Waals surface area contributed by atoms with Crippen molar-refractivity contribution in [3.63, 3.8) is 0 Å². The van der Waals surface area contributed by atoms with Crippen molar-refractivity contribution < 1.29 is 4.42 Å². The van der Waals surface area contributed by atoms with Crippen LogP contribution in [0.2, 0.25) is 0 Å². The number of hydrogen-bond donors (Lipinski definition) is 0. The molecule has 0 aliphatic carbocycles. The van der Waals surface area contributed by atoms with E-state index in [0.717, 1.165) is 21.1 Å². The zero-order valence-corrected chi connectivity index (χ0v) is 9.94. The summed E-state index contributed by atoms with van der Waals surface area (Å²) in [5.41, 5.74) is 2.02. The zero-order valence-electron chi connectivity index (χ0n) is 9.12. The van der Waals surface area contributed by atoms with E-state index in [-0.39, 0.29) is 0 Å². The summed E-state index contributed by atoms with van der Waals surface area (Å²) in [6, 6.07) is 10.1. The second-order valence-corrected chi connectivity index (χ2v) is 4.54. The molecule has 0 atom stereocenters. The van der Waals surface area contributed by atoms with Crippen LogP contribution in [0.5, 0.6) is 0 Å². The summed E-state index contributed by atoms with van der Waals surface area (Å²) in [6.45, 7) is 1.95. The Balaban J connectivity index is 2.08. The van der Waals surface area contributed by atoms with Gasteiger partial charge in [-0.15, -0.1) is 21.5 Å². The highest BCUT2D eigenvalue weighted by atomic mass is 32.1. The van der Waals surface area contributed by atoms with Crippen molar-refractivity contribution in [2.45, 2.75) is 6.92 Å². The third-order valence-corrected chi connectivity index (χ3v) is 3.57. The molecule has 0 unspecified atom stereocenters. The third-order valence-electron chi connectivity index (χ3n) is 2.37. The molecule has 0 amide bonds. The topological polar surface area (TPSA) is 51.8 Å². The second-order valence-electron chi connectivity index (χ2n) is 3.54. The summed E-state index contributed by atoms with van der Waals surface area (Å²) < 4.78 is 5.20. The molecule has 0 bridgehead atoms. The summed E-state index contributed by atoms with van der Waals surface area (Å²) in [5.74, 6) is 0.530. The van der Waals surface area contributed by atoms with Crippen molar-refractivity contribution >= 4 is 11.3 Å². The lowest BCUT2D eigenvalue weighted by molar-refractivity contribution is 0.569. The molecule has 0 spiro atoms. The molecule has 0 saturated heterocycles. The standard InChI is InChI=1S/C12H9N3OS/c1-8-10(11-15-13-7-16-11)17-12(14-8)9-5-3-2-4-6-9/h2-7H,1H3. The zero-order chi connectivity index (χ0) is 11.7. The molecule has 3 rings (SSSR count). The second kappa shape index (κ2) is 4.10. The normalized spacial score (nSPS) is 10.6. The van der Waals surface area contributed by atoms with Crippen molar-refractivity contribution in [3.8, 4) is 21.3 Å². The van der Waals surface area contributed by atoms with Gasteiger partial charge >= 0.3 is 0 Å². The SMILES string of the molecule is Cc1nc(-c2ccccc2)sc1-c1nnco1. The highest BCUT2D eigenvalue weighted by Crippen LogP contribution is 2.33. The Labute approximate surface area is 102 Å². The van der Waals surface area contributed by atoms with Crippen molar-refractivity contribution in [1.29, 1.82) is 0 Å². The predicted molar refractivity (Wildman–Crippen MR) is 65.6 cm³/mol. The minimum Gasteiger partial charge on any atom is -0.423 e. The quantitative estimate of drug-likeness (QED) is 0.693. The molecule has 0 saturated carbocycles. The van der Waals surface area contributed by atoms with Crippen LogP contribution in [0.15, 0.2) is 41.1 Å². The Hall–Kier alpha value is -2.01. The molecule has 0 aliphatic rings. The van der Waals surface area contributed by atoms with E-state index in [1.807, 2.05) is 37.3 Å². The molecule has 3 aromatic rings. The van der Waals surface area contributed by atoms with E-state index >= 15 is 0 Å². The monoisotopic (exact) mass is 243 g/mol. The van der Waals surface area contributed by atoms with Crippen molar-refractivity contribution in [2.24, 2.45) is 0 Å². The number of hydrogen-bond acceptors (Lipinski definition) is 5. The Morgan fingerprint density at radius 3 is 2.71 bits per heavy atom. The first-order valence-electron chi connectivity index (χ1n) is 5.14. The lowest BCUT2D eigenvalue weighted by atomic mass is 10.2. The van der Waals surface area contributed by atoms with E-state index < -0.39 is 0 Å². The molecule has 2 heterocycles. The average molecular weight is 243 g/mol. The molecule has 1 aromatic carbocycles. The van der Waals surface area contributed by atoms with Crippen molar-refractivity contribution in [1.82, 2.24) is 15.2 Å². The van der Waals surface area contributed by atoms with Crippen LogP contribution in [-0.2, 0) is 0 Å². The highest BCUT2D eigenvalue weighted by molar-refractivity contribution is 7.18. The first kappa shape index (κ1) is 10.2. The molecule has 0 radical (unpaired) electrons. The van der Waals surface area contributed by atoms with Gasteiger partial charge in [0.2, 0.25) is 6.39 Å². The number of benzene rings is 1. The first-order valence-corrected chi connectivity index (χ1v) is 5.95. The van der Waals surface area contributed by atoms with Crippen LogP contribution >= 0.6 is 11.3 Å². The van der Waals surface area contributed by atoms with E-state index in [4.69, 9.17) is 4.42 Å². The fraction of sp³-hybridized carbons (Fsp3) is 0.0833. The molecule has 0 aliphatic heterocycles. The minimum atomic E-state index is 0.530. The molecule has 2 aromatic heterocycles. The van der Waals surface area contributed by atoms with Crippen molar-refractivity contribution in [3.05, 3.63) is 42.4 Å². The molecule has 84 valence electrons. The van der Waals surface area contributed by atoms with Crippen LogP contribution in [0.4, 0.5) is 0 Å². The maximum Gasteiger partial charge on any atom is 0.259 e. The number of aromatic nitrogens is 3.